The van der Waals surface area contributed by atoms with Gasteiger partial charge in [0.25, 0.3) is 0 Å². The molecule has 0 aromatic heterocycles. The molecule has 4 nitrogen and oxygen atoms in total. The minimum atomic E-state index is -0.0222. The second kappa shape index (κ2) is 5.47. The van der Waals surface area contributed by atoms with Gasteiger partial charge in [-0.1, -0.05) is 0 Å². The van der Waals surface area contributed by atoms with Gasteiger partial charge in [-0.25, -0.2) is 0 Å². The van der Waals surface area contributed by atoms with Gasteiger partial charge in [0.15, 0.2) is 0 Å². The Balaban J connectivity index is 2.73. The number of likely N-dealkylation sites (N-methyl/N-ethyl adjacent to an activating group) is 1. The van der Waals surface area contributed by atoms with Crippen molar-refractivity contribution in [2.75, 3.05) is 26.2 Å². The standard InChI is InChI=1S/C11H23N3O/c1-4-13-6-5-7-14(9(2)8-12)10(3)11(13)15/h9-10H,4-8,12H2,1-3H3. The Morgan fingerprint density at radius 3 is 2.73 bits per heavy atom. The van der Waals surface area contributed by atoms with Gasteiger partial charge in [0, 0.05) is 32.2 Å². The van der Waals surface area contributed by atoms with Crippen molar-refractivity contribution in [3.05, 3.63) is 0 Å². The lowest BCUT2D eigenvalue weighted by molar-refractivity contribution is -0.135. The number of hydrogen-bond acceptors (Lipinski definition) is 3. The van der Waals surface area contributed by atoms with Gasteiger partial charge in [0.2, 0.25) is 5.91 Å². The molecule has 1 heterocycles. The fourth-order valence-electron chi connectivity index (χ4n) is 2.21. The van der Waals surface area contributed by atoms with E-state index in [9.17, 15) is 4.79 Å². The van der Waals surface area contributed by atoms with Crippen molar-refractivity contribution < 1.29 is 4.79 Å². The molecular weight excluding hydrogens is 190 g/mol. The molecule has 88 valence electrons. The molecule has 0 aromatic rings. The third kappa shape index (κ3) is 2.69. The molecule has 0 aromatic carbocycles. The van der Waals surface area contributed by atoms with E-state index in [0.29, 0.717) is 12.6 Å². The molecule has 4 heteroatoms. The number of hydrogen-bond donors (Lipinski definition) is 1. The van der Waals surface area contributed by atoms with Crippen LogP contribution in [0.2, 0.25) is 0 Å². The van der Waals surface area contributed by atoms with Gasteiger partial charge in [0.05, 0.1) is 6.04 Å². The Bertz CT molecular complexity index is 220. The number of carbonyl (C=O) groups excluding carboxylic acids is 1. The van der Waals surface area contributed by atoms with Gasteiger partial charge in [-0.3, -0.25) is 9.69 Å². The van der Waals surface area contributed by atoms with Crippen LogP contribution in [0.25, 0.3) is 0 Å². The summed E-state index contributed by atoms with van der Waals surface area (Å²) in [7, 11) is 0. The SMILES string of the molecule is CCN1CCCN(C(C)CN)C(C)C1=O. The molecule has 0 saturated carbocycles. The zero-order valence-electron chi connectivity index (χ0n) is 10.1. The largest absolute Gasteiger partial charge is 0.342 e. The summed E-state index contributed by atoms with van der Waals surface area (Å²) in [5, 5.41) is 0. The van der Waals surface area contributed by atoms with E-state index in [1.54, 1.807) is 0 Å². The van der Waals surface area contributed by atoms with Crippen LogP contribution in [0.5, 0.6) is 0 Å². The molecule has 0 aliphatic carbocycles. The van der Waals surface area contributed by atoms with Crippen LogP contribution in [-0.2, 0) is 4.79 Å². The second-order valence-electron chi connectivity index (χ2n) is 4.27. The van der Waals surface area contributed by atoms with Gasteiger partial charge in [0.1, 0.15) is 0 Å². The number of carbonyl (C=O) groups is 1. The van der Waals surface area contributed by atoms with Gasteiger partial charge in [-0.15, -0.1) is 0 Å². The molecule has 0 spiro atoms. The van der Waals surface area contributed by atoms with Crippen LogP contribution >= 0.6 is 0 Å². The van der Waals surface area contributed by atoms with Gasteiger partial charge in [-0.2, -0.15) is 0 Å². The van der Waals surface area contributed by atoms with E-state index >= 15 is 0 Å². The molecule has 2 unspecified atom stereocenters. The molecule has 1 saturated heterocycles. The normalized spacial score (nSPS) is 26.5. The van der Waals surface area contributed by atoms with Crippen LogP contribution < -0.4 is 5.73 Å². The fourth-order valence-corrected chi connectivity index (χ4v) is 2.21. The summed E-state index contributed by atoms with van der Waals surface area (Å²) in [5.74, 6) is 0.246. The predicted octanol–water partition coefficient (Wildman–Crippen LogP) is 0.276. The minimum Gasteiger partial charge on any atom is -0.342 e. The lowest BCUT2D eigenvalue weighted by Crippen LogP contribution is -2.49. The van der Waals surface area contributed by atoms with Crippen molar-refractivity contribution >= 4 is 5.91 Å². The van der Waals surface area contributed by atoms with Crippen molar-refractivity contribution in [3.63, 3.8) is 0 Å². The number of nitrogens with zero attached hydrogens (tertiary/aromatic N) is 2. The molecule has 1 rings (SSSR count). The van der Waals surface area contributed by atoms with Crippen molar-refractivity contribution in [1.29, 1.82) is 0 Å². The summed E-state index contributed by atoms with van der Waals surface area (Å²) in [4.78, 5) is 16.2. The first-order valence-electron chi connectivity index (χ1n) is 5.86. The van der Waals surface area contributed by atoms with E-state index in [-0.39, 0.29) is 11.9 Å². The first kappa shape index (κ1) is 12.5. The Hall–Kier alpha value is -0.610. The zero-order chi connectivity index (χ0) is 11.4. The highest BCUT2D eigenvalue weighted by Gasteiger charge is 2.30. The highest BCUT2D eigenvalue weighted by molar-refractivity contribution is 5.81. The van der Waals surface area contributed by atoms with Crippen molar-refractivity contribution in [1.82, 2.24) is 9.80 Å². The quantitative estimate of drug-likeness (QED) is 0.732. The van der Waals surface area contributed by atoms with Crippen molar-refractivity contribution in [3.8, 4) is 0 Å². The van der Waals surface area contributed by atoms with E-state index in [0.717, 1.165) is 26.1 Å². The first-order chi connectivity index (χ1) is 7.11. The lowest BCUT2D eigenvalue weighted by Gasteiger charge is -2.32. The Kier molecular flexibility index (Phi) is 4.54. The second-order valence-corrected chi connectivity index (χ2v) is 4.27. The van der Waals surface area contributed by atoms with E-state index in [1.807, 2.05) is 18.7 Å². The van der Waals surface area contributed by atoms with Crippen LogP contribution in [0.15, 0.2) is 0 Å². The average Bonchev–Trinajstić information content (AvgIpc) is 2.39. The highest BCUT2D eigenvalue weighted by atomic mass is 16.2. The molecule has 2 atom stereocenters. The predicted molar refractivity (Wildman–Crippen MR) is 61.6 cm³/mol. The maximum absolute atomic E-state index is 12.1. The molecular formula is C11H23N3O. The third-order valence-corrected chi connectivity index (χ3v) is 3.30. The summed E-state index contributed by atoms with van der Waals surface area (Å²) >= 11 is 0. The van der Waals surface area contributed by atoms with Crippen molar-refractivity contribution in [2.24, 2.45) is 5.73 Å². The molecule has 1 fully saturated rings. The maximum atomic E-state index is 12.1. The number of nitrogens with two attached hydrogens (primary N) is 1. The summed E-state index contributed by atoms with van der Waals surface area (Å²) in [5.41, 5.74) is 5.66. The summed E-state index contributed by atoms with van der Waals surface area (Å²) < 4.78 is 0. The van der Waals surface area contributed by atoms with Crippen LogP contribution in [0.4, 0.5) is 0 Å². The summed E-state index contributed by atoms with van der Waals surface area (Å²) in [6.07, 6.45) is 1.05. The molecule has 2 N–H and O–H groups in total. The van der Waals surface area contributed by atoms with E-state index in [2.05, 4.69) is 11.8 Å². The number of rotatable bonds is 3. The van der Waals surface area contributed by atoms with Gasteiger partial charge in [-0.05, 0) is 27.2 Å². The monoisotopic (exact) mass is 213 g/mol. The summed E-state index contributed by atoms with van der Waals surface area (Å²) in [6.45, 7) is 9.40. The summed E-state index contributed by atoms with van der Waals surface area (Å²) in [6, 6.07) is 0.270. The molecule has 0 bridgehead atoms. The van der Waals surface area contributed by atoms with Crippen LogP contribution in [0, 0.1) is 0 Å². The molecule has 1 amide bonds. The highest BCUT2D eigenvalue weighted by Crippen LogP contribution is 2.13. The maximum Gasteiger partial charge on any atom is 0.239 e. The Labute approximate surface area is 92.4 Å². The van der Waals surface area contributed by atoms with E-state index < -0.39 is 0 Å². The first-order valence-corrected chi connectivity index (χ1v) is 5.86. The van der Waals surface area contributed by atoms with E-state index in [4.69, 9.17) is 5.73 Å². The third-order valence-electron chi connectivity index (χ3n) is 3.30. The fraction of sp³-hybridized carbons (Fsp3) is 0.909. The average molecular weight is 213 g/mol. The van der Waals surface area contributed by atoms with E-state index in [1.165, 1.54) is 0 Å². The van der Waals surface area contributed by atoms with Gasteiger partial charge >= 0.3 is 0 Å². The van der Waals surface area contributed by atoms with Crippen molar-refractivity contribution in [2.45, 2.75) is 39.3 Å². The Morgan fingerprint density at radius 2 is 2.20 bits per heavy atom. The molecule has 1 aliphatic heterocycles. The topological polar surface area (TPSA) is 49.6 Å². The lowest BCUT2D eigenvalue weighted by atomic mass is 10.2. The Morgan fingerprint density at radius 1 is 1.53 bits per heavy atom. The van der Waals surface area contributed by atoms with Gasteiger partial charge < -0.3 is 10.6 Å². The molecule has 15 heavy (non-hydrogen) atoms. The van der Waals surface area contributed by atoms with Crippen LogP contribution in [-0.4, -0.2) is 54.0 Å². The zero-order valence-corrected chi connectivity index (χ0v) is 10.1. The van der Waals surface area contributed by atoms with Crippen LogP contribution in [0.3, 0.4) is 0 Å². The molecule has 1 aliphatic rings. The molecule has 0 radical (unpaired) electrons. The minimum absolute atomic E-state index is 0.0222. The smallest absolute Gasteiger partial charge is 0.239 e. The number of amides is 1. The van der Waals surface area contributed by atoms with Crippen LogP contribution in [0.1, 0.15) is 27.2 Å².